The Hall–Kier alpha value is -1.97. The van der Waals surface area contributed by atoms with Crippen LogP contribution < -0.4 is 0 Å². The molecule has 8 atom stereocenters. The summed E-state index contributed by atoms with van der Waals surface area (Å²) in [4.78, 5) is 36.5. The highest BCUT2D eigenvalue weighted by Crippen LogP contribution is 2.70. The maximum absolute atomic E-state index is 12.4. The molecule has 4 rings (SSSR count). The zero-order valence-corrected chi connectivity index (χ0v) is 21.0. The van der Waals surface area contributed by atoms with E-state index in [0.717, 1.165) is 0 Å². The Morgan fingerprint density at radius 2 is 1.65 bits per heavy atom. The topological polar surface area (TPSA) is 129 Å². The van der Waals surface area contributed by atoms with Gasteiger partial charge in [-0.3, -0.25) is 9.59 Å². The van der Waals surface area contributed by atoms with Crippen molar-refractivity contribution in [1.82, 2.24) is 0 Å². The van der Waals surface area contributed by atoms with Crippen LogP contribution in [-0.4, -0.2) is 64.4 Å². The molecule has 4 aliphatic rings. The van der Waals surface area contributed by atoms with Crippen LogP contribution in [-0.2, 0) is 33.3 Å². The summed E-state index contributed by atoms with van der Waals surface area (Å²) in [7, 11) is 1.52. The van der Waals surface area contributed by atoms with Gasteiger partial charge in [-0.25, -0.2) is 4.79 Å². The van der Waals surface area contributed by atoms with E-state index in [2.05, 4.69) is 0 Å². The van der Waals surface area contributed by atoms with E-state index in [0.29, 0.717) is 24.8 Å². The quantitative estimate of drug-likeness (QED) is 0.460. The first kappa shape index (κ1) is 25.1. The molecular formula is C25H36O9. The minimum atomic E-state index is -1.91. The van der Waals surface area contributed by atoms with Crippen LogP contribution in [0.4, 0.5) is 0 Å². The molecular weight excluding hydrogens is 444 g/mol. The fourth-order valence-corrected chi connectivity index (χ4v) is 7.87. The van der Waals surface area contributed by atoms with Gasteiger partial charge in [0.15, 0.2) is 0 Å². The molecule has 0 unspecified atom stereocenters. The van der Waals surface area contributed by atoms with Gasteiger partial charge in [0.05, 0.1) is 11.2 Å². The van der Waals surface area contributed by atoms with Gasteiger partial charge in [-0.1, -0.05) is 20.8 Å². The number of ether oxygens (including phenoxy) is 4. The van der Waals surface area contributed by atoms with Crippen molar-refractivity contribution in [3.63, 3.8) is 0 Å². The van der Waals surface area contributed by atoms with Crippen LogP contribution in [0.5, 0.6) is 0 Å². The van der Waals surface area contributed by atoms with Gasteiger partial charge in [-0.2, -0.15) is 0 Å². The second kappa shape index (κ2) is 7.51. The molecule has 34 heavy (non-hydrogen) atoms. The smallest absolute Gasteiger partial charge is 0.333 e. The average molecular weight is 481 g/mol. The van der Waals surface area contributed by atoms with Crippen LogP contribution >= 0.6 is 0 Å². The van der Waals surface area contributed by atoms with E-state index >= 15 is 0 Å². The predicted molar refractivity (Wildman–Crippen MR) is 118 cm³/mol. The molecule has 0 radical (unpaired) electrons. The van der Waals surface area contributed by atoms with Gasteiger partial charge in [0, 0.05) is 44.4 Å². The maximum atomic E-state index is 12.4. The summed E-state index contributed by atoms with van der Waals surface area (Å²) >= 11 is 0. The largest absolute Gasteiger partial charge is 0.459 e. The van der Waals surface area contributed by atoms with Crippen LogP contribution in [0.25, 0.3) is 0 Å². The van der Waals surface area contributed by atoms with Crippen molar-refractivity contribution in [3.05, 3.63) is 11.6 Å². The highest BCUT2D eigenvalue weighted by molar-refractivity contribution is 5.87. The van der Waals surface area contributed by atoms with Crippen LogP contribution in [0, 0.1) is 22.7 Å². The number of aliphatic hydroxyl groups is 2. The molecule has 3 fully saturated rings. The molecule has 2 N–H and O–H groups in total. The lowest BCUT2D eigenvalue weighted by atomic mass is 9.39. The molecule has 3 saturated carbocycles. The second-order valence-corrected chi connectivity index (χ2v) is 11.4. The van der Waals surface area contributed by atoms with E-state index in [1.54, 1.807) is 0 Å². The maximum Gasteiger partial charge on any atom is 0.333 e. The number of hydrogen-bond donors (Lipinski definition) is 2. The van der Waals surface area contributed by atoms with Gasteiger partial charge in [-0.15, -0.1) is 0 Å². The summed E-state index contributed by atoms with van der Waals surface area (Å²) in [6.07, 6.45) is 0.727. The molecule has 0 aromatic rings. The number of hydrogen-bond acceptors (Lipinski definition) is 9. The molecule has 0 bridgehead atoms. The number of carbonyl (C=O) groups excluding carboxylic acids is 3. The third kappa shape index (κ3) is 3.12. The van der Waals surface area contributed by atoms with Gasteiger partial charge < -0.3 is 29.2 Å². The highest BCUT2D eigenvalue weighted by Gasteiger charge is 2.76. The lowest BCUT2D eigenvalue weighted by molar-refractivity contribution is -0.328. The van der Waals surface area contributed by atoms with Crippen molar-refractivity contribution < 1.29 is 43.5 Å². The summed E-state index contributed by atoms with van der Waals surface area (Å²) in [5.74, 6) is -4.40. The average Bonchev–Trinajstić information content (AvgIpc) is 3.02. The fourth-order valence-electron chi connectivity index (χ4n) is 7.87. The SMILES string of the molecule is CO[C@]1(C)C2=CC(=O)O[C@]2(O)C[C@H]2[C@H]1CC[C@@]1(O)C(C)(C)C[C@H](OC(C)=O)[C@H](OC(C)=O)[C@]21C. The van der Waals surface area contributed by atoms with Crippen molar-refractivity contribution in [1.29, 1.82) is 0 Å². The van der Waals surface area contributed by atoms with Gasteiger partial charge in [0.1, 0.15) is 12.2 Å². The molecule has 9 heteroatoms. The second-order valence-electron chi connectivity index (χ2n) is 11.4. The summed E-state index contributed by atoms with van der Waals surface area (Å²) in [5, 5.41) is 23.9. The lowest BCUT2D eigenvalue weighted by Crippen LogP contribution is -2.77. The Bertz CT molecular complexity index is 956. The van der Waals surface area contributed by atoms with Crippen LogP contribution in [0.3, 0.4) is 0 Å². The summed E-state index contributed by atoms with van der Waals surface area (Å²) < 4.78 is 22.8. The lowest BCUT2D eigenvalue weighted by Gasteiger charge is -2.70. The van der Waals surface area contributed by atoms with Crippen molar-refractivity contribution in [2.45, 2.75) is 96.4 Å². The first-order valence-electron chi connectivity index (χ1n) is 11.9. The van der Waals surface area contributed by atoms with E-state index in [-0.39, 0.29) is 12.3 Å². The Labute approximate surface area is 199 Å². The molecule has 3 aliphatic carbocycles. The third-order valence-electron chi connectivity index (χ3n) is 9.45. The minimum absolute atomic E-state index is 0.00631. The van der Waals surface area contributed by atoms with Gasteiger partial charge in [0.2, 0.25) is 5.79 Å². The van der Waals surface area contributed by atoms with E-state index in [9.17, 15) is 24.6 Å². The Balaban J connectivity index is 1.93. The molecule has 0 saturated heterocycles. The minimum Gasteiger partial charge on any atom is -0.459 e. The first-order valence-corrected chi connectivity index (χ1v) is 11.9. The standard InChI is InChI=1S/C25H36O9/c1-13(26)32-17-12-21(3,4)25(30)9-8-15-16(22(25,5)20(17)33-14(2)27)11-24(29)18(10-19(28)34-24)23(15,6)31-7/h10,15-17,20,29-30H,8-9,11-12H2,1-7H3/t15-,16+,17+,20+,22+,23+,24-,25-/m1/s1. The van der Waals surface area contributed by atoms with Gasteiger partial charge >= 0.3 is 17.9 Å². The van der Waals surface area contributed by atoms with E-state index in [1.807, 2.05) is 27.7 Å². The van der Waals surface area contributed by atoms with E-state index in [4.69, 9.17) is 18.9 Å². The fraction of sp³-hybridized carbons (Fsp3) is 0.800. The van der Waals surface area contributed by atoms with Crippen molar-refractivity contribution >= 4 is 17.9 Å². The van der Waals surface area contributed by atoms with Crippen LogP contribution in [0.2, 0.25) is 0 Å². The molecule has 1 heterocycles. The summed E-state index contributed by atoms with van der Waals surface area (Å²) in [6.45, 7) is 10.1. The molecule has 0 aromatic carbocycles. The molecule has 0 spiro atoms. The molecule has 1 aliphatic heterocycles. The zero-order chi connectivity index (χ0) is 25.5. The third-order valence-corrected chi connectivity index (χ3v) is 9.45. The van der Waals surface area contributed by atoms with Crippen molar-refractivity contribution in [3.8, 4) is 0 Å². The van der Waals surface area contributed by atoms with Crippen LogP contribution in [0.1, 0.15) is 67.2 Å². The Morgan fingerprint density at radius 1 is 1.03 bits per heavy atom. The number of esters is 3. The Morgan fingerprint density at radius 3 is 2.21 bits per heavy atom. The molecule has 0 aromatic heterocycles. The Kier molecular flexibility index (Phi) is 5.55. The predicted octanol–water partition coefficient (Wildman–Crippen LogP) is 2.02. The zero-order valence-electron chi connectivity index (χ0n) is 21.0. The number of rotatable bonds is 3. The molecule has 0 amide bonds. The van der Waals surface area contributed by atoms with Crippen molar-refractivity contribution in [2.75, 3.05) is 7.11 Å². The summed E-state index contributed by atoms with van der Waals surface area (Å²) in [6, 6.07) is 0. The van der Waals surface area contributed by atoms with Gasteiger partial charge in [-0.05, 0) is 43.4 Å². The number of carbonyl (C=O) groups is 3. The normalized spacial score (nSPS) is 46.9. The van der Waals surface area contributed by atoms with E-state index < -0.39 is 63.9 Å². The summed E-state index contributed by atoms with van der Waals surface area (Å²) in [5.41, 5.74) is -3.93. The van der Waals surface area contributed by atoms with Crippen LogP contribution in [0.15, 0.2) is 11.6 Å². The molecule has 190 valence electrons. The monoisotopic (exact) mass is 480 g/mol. The number of fused-ring (bicyclic) bond motifs is 4. The van der Waals surface area contributed by atoms with Crippen molar-refractivity contribution in [2.24, 2.45) is 22.7 Å². The van der Waals surface area contributed by atoms with E-state index in [1.165, 1.54) is 27.0 Å². The van der Waals surface area contributed by atoms with Gasteiger partial charge in [0.25, 0.3) is 0 Å². The highest BCUT2D eigenvalue weighted by atomic mass is 16.7. The molecule has 9 nitrogen and oxygen atoms in total. The number of methoxy groups -OCH3 is 1. The first-order chi connectivity index (χ1) is 15.6.